The SMILES string of the molecule is CCCNC(=O)CCC(=O)c1ccc(C2=C(c3ccc(S(C)(=O)=O)cc3)COC2=O)cc1.CCCNC(=O)CCC(=O)c1cccc(C2=C(c3ccc(S(C)(=O)=O)cc3)COC2=O)c1.CCCNC(=O)CCC(=O)c1ccccc1C1=C(c2ccc(S(C)(=O)=O)cc2)COC1=O. The van der Waals surface area contributed by atoms with E-state index in [1.54, 1.807) is 109 Å². The molecule has 9 rings (SSSR count). The van der Waals surface area contributed by atoms with Gasteiger partial charge in [0.1, 0.15) is 19.8 Å². The molecule has 96 heavy (non-hydrogen) atoms. The first-order chi connectivity index (χ1) is 45.6. The summed E-state index contributed by atoms with van der Waals surface area (Å²) in [6.07, 6.45) is 6.36. The summed E-state index contributed by atoms with van der Waals surface area (Å²) in [5, 5.41) is 8.22. The Morgan fingerprint density at radius 2 is 0.708 bits per heavy atom. The van der Waals surface area contributed by atoms with Crippen molar-refractivity contribution in [1.29, 1.82) is 0 Å². The molecule has 21 nitrogen and oxygen atoms in total. The number of nitrogens with one attached hydrogen (secondary N) is 3. The van der Waals surface area contributed by atoms with E-state index in [1.807, 2.05) is 20.8 Å². The molecule has 0 unspecified atom stereocenters. The van der Waals surface area contributed by atoms with E-state index in [2.05, 4.69) is 16.0 Å². The summed E-state index contributed by atoms with van der Waals surface area (Å²) < 4.78 is 85.9. The summed E-state index contributed by atoms with van der Waals surface area (Å²) >= 11 is 0. The van der Waals surface area contributed by atoms with Crippen LogP contribution in [0.5, 0.6) is 0 Å². The minimum Gasteiger partial charge on any atom is -0.457 e. The third kappa shape index (κ3) is 19.9. The molecule has 0 saturated heterocycles. The molecule has 0 aliphatic carbocycles. The lowest BCUT2D eigenvalue weighted by atomic mass is 9.91. The molecule has 24 heteroatoms. The number of sulfone groups is 3. The monoisotopic (exact) mass is 1370 g/mol. The highest BCUT2D eigenvalue weighted by molar-refractivity contribution is 7.91. The lowest BCUT2D eigenvalue weighted by Crippen LogP contribution is -2.24. The molecule has 0 atom stereocenters. The lowest BCUT2D eigenvalue weighted by Gasteiger charge is -2.10. The molecule has 504 valence electrons. The van der Waals surface area contributed by atoms with Gasteiger partial charge in [0.05, 0.1) is 31.4 Å². The predicted octanol–water partition coefficient (Wildman–Crippen LogP) is 9.14. The van der Waals surface area contributed by atoms with Crippen molar-refractivity contribution in [3.8, 4) is 0 Å². The standard InChI is InChI=1S/3C24H25NO6S/c1-3-14-25-22(27)13-12-21(26)17-4-6-18(7-5-17)23-20(15-31-24(23)28)16-8-10-19(11-9-16)32(2,29)30;1-3-13-25-22(27)12-11-21(26)17-5-4-6-18(14-17)23-20(15-31-24(23)28)16-7-9-19(10-8-16)32(2,29)30;1-3-14-25-22(27)13-12-21(26)18-6-4-5-7-19(18)23-20(15-31-24(23)28)16-8-10-17(11-9-16)32(2,29)30/h4-11H,3,12-15H2,1-2H3,(H,25,27);4-10,14H,3,11-13,15H2,1-2H3,(H,25,27);4-11H,3,12-15H2,1-2H3,(H,25,27). The maximum Gasteiger partial charge on any atom is 0.339 e. The van der Waals surface area contributed by atoms with Gasteiger partial charge in [-0.2, -0.15) is 0 Å². The Hall–Kier alpha value is -9.78. The molecule has 0 bridgehead atoms. The van der Waals surface area contributed by atoms with Gasteiger partial charge in [-0.1, -0.05) is 124 Å². The van der Waals surface area contributed by atoms with Crippen molar-refractivity contribution >= 4 is 116 Å². The zero-order valence-electron chi connectivity index (χ0n) is 54.0. The van der Waals surface area contributed by atoms with Gasteiger partial charge in [-0.25, -0.2) is 39.6 Å². The van der Waals surface area contributed by atoms with E-state index in [1.165, 1.54) is 36.4 Å². The summed E-state index contributed by atoms with van der Waals surface area (Å²) in [4.78, 5) is 111. The first-order valence-electron chi connectivity index (χ1n) is 31.0. The summed E-state index contributed by atoms with van der Waals surface area (Å²) in [5.41, 5.74) is 7.65. The van der Waals surface area contributed by atoms with Gasteiger partial charge in [-0.05, 0) is 89.5 Å². The minimum atomic E-state index is -3.35. The second-order valence-corrected chi connectivity index (χ2v) is 28.7. The van der Waals surface area contributed by atoms with E-state index in [0.29, 0.717) is 97.6 Å². The summed E-state index contributed by atoms with van der Waals surface area (Å²) in [5.74, 6) is -2.62. The average Bonchev–Trinajstić information content (AvgIpc) is 1.63. The lowest BCUT2D eigenvalue weighted by molar-refractivity contribution is -0.134. The van der Waals surface area contributed by atoms with E-state index in [4.69, 9.17) is 14.2 Å². The number of amides is 3. The number of Topliss-reactive ketones (excluding diaryl/α,β-unsaturated/α-hetero) is 3. The summed E-state index contributed by atoms with van der Waals surface area (Å²) in [6.45, 7) is 7.74. The van der Waals surface area contributed by atoms with E-state index in [9.17, 15) is 68.4 Å². The van der Waals surface area contributed by atoms with E-state index in [-0.39, 0.29) is 114 Å². The van der Waals surface area contributed by atoms with Crippen LogP contribution in [-0.4, -0.2) is 136 Å². The molecule has 3 N–H and O–H groups in total. The van der Waals surface area contributed by atoms with Crippen molar-refractivity contribution in [3.05, 3.63) is 196 Å². The van der Waals surface area contributed by atoms with Crippen molar-refractivity contribution < 1.29 is 82.6 Å². The first-order valence-corrected chi connectivity index (χ1v) is 36.6. The highest BCUT2D eigenvalue weighted by Crippen LogP contribution is 2.38. The van der Waals surface area contributed by atoms with Gasteiger partial charge in [-0.3, -0.25) is 28.8 Å². The van der Waals surface area contributed by atoms with Gasteiger partial charge in [-0.15, -0.1) is 0 Å². The molecule has 0 fully saturated rings. The van der Waals surface area contributed by atoms with Crippen LogP contribution in [0.25, 0.3) is 33.4 Å². The molecule has 6 aromatic carbocycles. The molecule has 3 aliphatic heterocycles. The van der Waals surface area contributed by atoms with Crippen LogP contribution in [0.1, 0.15) is 143 Å². The number of carbonyl (C=O) groups excluding carboxylic acids is 9. The Labute approximate surface area is 558 Å². The van der Waals surface area contributed by atoms with Crippen LogP contribution < -0.4 is 16.0 Å². The van der Waals surface area contributed by atoms with Gasteiger partial charge < -0.3 is 30.2 Å². The topological polar surface area (TPSA) is 320 Å². The number of cyclic esters (lactones) is 3. The third-order valence-electron chi connectivity index (χ3n) is 15.4. The van der Waals surface area contributed by atoms with Crippen molar-refractivity contribution in [3.63, 3.8) is 0 Å². The van der Waals surface area contributed by atoms with Crippen molar-refractivity contribution in [2.24, 2.45) is 0 Å². The fourth-order valence-corrected chi connectivity index (χ4v) is 12.1. The van der Waals surface area contributed by atoms with Crippen LogP contribution in [-0.2, 0) is 72.5 Å². The van der Waals surface area contributed by atoms with Crippen LogP contribution in [0.3, 0.4) is 0 Å². The van der Waals surface area contributed by atoms with Gasteiger partial charge in [0, 0.05) is 116 Å². The Morgan fingerprint density at radius 1 is 0.365 bits per heavy atom. The average molecular weight is 1370 g/mol. The van der Waals surface area contributed by atoms with Crippen molar-refractivity contribution in [2.45, 2.75) is 93.2 Å². The Morgan fingerprint density at radius 3 is 1.10 bits per heavy atom. The summed E-state index contributed by atoms with van der Waals surface area (Å²) in [6, 6.07) is 38.8. The molecule has 0 spiro atoms. The molecule has 3 aliphatic rings. The van der Waals surface area contributed by atoms with Crippen LogP contribution in [0.4, 0.5) is 0 Å². The van der Waals surface area contributed by atoms with Crippen molar-refractivity contribution in [1.82, 2.24) is 16.0 Å². The maximum absolute atomic E-state index is 12.9. The number of benzene rings is 6. The largest absolute Gasteiger partial charge is 0.457 e. The number of esters is 3. The molecule has 3 heterocycles. The van der Waals surface area contributed by atoms with Crippen LogP contribution >= 0.6 is 0 Å². The van der Waals surface area contributed by atoms with E-state index in [0.717, 1.165) is 38.0 Å². The fraction of sp³-hybridized carbons (Fsp3) is 0.292. The van der Waals surface area contributed by atoms with Crippen LogP contribution in [0.15, 0.2) is 160 Å². The van der Waals surface area contributed by atoms with Gasteiger partial charge >= 0.3 is 17.9 Å². The highest BCUT2D eigenvalue weighted by atomic mass is 32.2. The Balaban J connectivity index is 0.000000203. The third-order valence-corrected chi connectivity index (χ3v) is 18.8. The minimum absolute atomic E-state index is 0.0211. The number of ketones is 3. The Bertz CT molecular complexity index is 4420. The van der Waals surface area contributed by atoms with Crippen LogP contribution in [0, 0.1) is 0 Å². The molecule has 0 aromatic heterocycles. The zero-order chi connectivity index (χ0) is 69.9. The molecule has 0 radical (unpaired) electrons. The maximum atomic E-state index is 12.9. The summed E-state index contributed by atoms with van der Waals surface area (Å²) in [7, 11) is -10.00. The molecule has 3 amide bonds. The van der Waals surface area contributed by atoms with Crippen molar-refractivity contribution in [2.75, 3.05) is 58.2 Å². The second kappa shape index (κ2) is 33.6. The normalized spacial score (nSPS) is 13.8. The number of hydrogen-bond donors (Lipinski definition) is 3. The predicted molar refractivity (Wildman–Crippen MR) is 362 cm³/mol. The molecular formula is C72H75N3O18S3. The molecule has 0 saturated carbocycles. The number of carbonyl (C=O) groups is 9. The van der Waals surface area contributed by atoms with Gasteiger partial charge in [0.15, 0.2) is 46.9 Å². The fourth-order valence-electron chi connectivity index (χ4n) is 10.2. The number of ether oxygens (including phenoxy) is 3. The number of hydrogen-bond acceptors (Lipinski definition) is 18. The molecular weight excluding hydrogens is 1290 g/mol. The van der Waals surface area contributed by atoms with E-state index >= 15 is 0 Å². The van der Waals surface area contributed by atoms with E-state index < -0.39 is 47.4 Å². The van der Waals surface area contributed by atoms with Crippen LogP contribution in [0.2, 0.25) is 0 Å². The van der Waals surface area contributed by atoms with Gasteiger partial charge in [0.25, 0.3) is 0 Å². The van der Waals surface area contributed by atoms with Gasteiger partial charge in [0.2, 0.25) is 17.7 Å². The first kappa shape index (κ1) is 73.6. The number of rotatable bonds is 27. The zero-order valence-corrected chi connectivity index (χ0v) is 56.5. The quantitative estimate of drug-likeness (QED) is 0.0246. The smallest absolute Gasteiger partial charge is 0.339 e. The Kier molecular flexibility index (Phi) is 25.7. The second-order valence-electron chi connectivity index (χ2n) is 22.7. The highest BCUT2D eigenvalue weighted by Gasteiger charge is 2.32. The molecule has 6 aromatic rings.